The molecule has 0 bridgehead atoms. The van der Waals surface area contributed by atoms with E-state index < -0.39 is 0 Å². The monoisotopic (exact) mass is 261 g/mol. The third-order valence-corrected chi connectivity index (χ3v) is 4.55. The quantitative estimate of drug-likeness (QED) is 0.903. The highest BCUT2D eigenvalue weighted by atomic mass is 16.5. The van der Waals surface area contributed by atoms with E-state index >= 15 is 0 Å². The van der Waals surface area contributed by atoms with Crippen molar-refractivity contribution in [2.24, 2.45) is 5.92 Å². The van der Waals surface area contributed by atoms with E-state index in [9.17, 15) is 5.11 Å². The molecule has 2 atom stereocenters. The van der Waals surface area contributed by atoms with Crippen molar-refractivity contribution in [3.63, 3.8) is 0 Å². The van der Waals surface area contributed by atoms with Crippen LogP contribution in [0.4, 0.5) is 0 Å². The van der Waals surface area contributed by atoms with Crippen LogP contribution in [0.15, 0.2) is 18.2 Å². The predicted octanol–water partition coefficient (Wildman–Crippen LogP) is 2.39. The molecular weight excluding hydrogens is 238 g/mol. The number of nitrogens with zero attached hydrogens (tertiary/aromatic N) is 1. The summed E-state index contributed by atoms with van der Waals surface area (Å²) < 4.78 is 5.26. The highest BCUT2D eigenvalue weighted by molar-refractivity contribution is 5.39. The van der Waals surface area contributed by atoms with Crippen LogP contribution in [0.25, 0.3) is 0 Å². The van der Waals surface area contributed by atoms with Gasteiger partial charge in [-0.15, -0.1) is 0 Å². The number of hydrogen-bond donors (Lipinski definition) is 1. The van der Waals surface area contributed by atoms with Gasteiger partial charge in [-0.1, -0.05) is 6.07 Å². The van der Waals surface area contributed by atoms with Gasteiger partial charge in [0.15, 0.2) is 0 Å². The minimum Gasteiger partial charge on any atom is -0.497 e. The average Bonchev–Trinajstić information content (AvgIpc) is 3.22. The molecule has 0 saturated heterocycles. The molecule has 2 unspecified atom stereocenters. The van der Waals surface area contributed by atoms with E-state index in [1.807, 2.05) is 12.1 Å². The van der Waals surface area contributed by atoms with Crippen LogP contribution in [-0.4, -0.2) is 36.8 Å². The molecule has 3 rings (SSSR count). The second-order valence-corrected chi connectivity index (χ2v) is 6.00. The van der Waals surface area contributed by atoms with Crippen molar-refractivity contribution < 1.29 is 9.84 Å². The van der Waals surface area contributed by atoms with Crippen LogP contribution in [0.5, 0.6) is 5.75 Å². The van der Waals surface area contributed by atoms with Crippen molar-refractivity contribution >= 4 is 0 Å². The van der Waals surface area contributed by atoms with Crippen LogP contribution >= 0.6 is 0 Å². The number of aliphatic hydroxyl groups is 1. The Morgan fingerprint density at radius 2 is 2.11 bits per heavy atom. The van der Waals surface area contributed by atoms with Crippen molar-refractivity contribution in [3.8, 4) is 5.75 Å². The number of methoxy groups -OCH3 is 1. The van der Waals surface area contributed by atoms with E-state index in [0.717, 1.165) is 36.6 Å². The van der Waals surface area contributed by atoms with Crippen molar-refractivity contribution in [2.45, 2.75) is 37.8 Å². The first kappa shape index (κ1) is 12.9. The number of fused-ring (bicyclic) bond motifs is 1. The number of aryl methyl sites for hydroxylation is 1. The lowest BCUT2D eigenvalue weighted by Gasteiger charge is -2.36. The number of hydrogen-bond acceptors (Lipinski definition) is 3. The molecular formula is C16H23NO2. The second-order valence-electron chi connectivity index (χ2n) is 6.00. The van der Waals surface area contributed by atoms with Gasteiger partial charge in [-0.25, -0.2) is 0 Å². The number of benzene rings is 1. The summed E-state index contributed by atoms with van der Waals surface area (Å²) in [5.74, 6) is 1.75. The summed E-state index contributed by atoms with van der Waals surface area (Å²) in [6, 6.07) is 6.30. The predicted molar refractivity (Wildman–Crippen MR) is 75.4 cm³/mol. The Labute approximate surface area is 115 Å². The van der Waals surface area contributed by atoms with Crippen LogP contribution in [0.3, 0.4) is 0 Å². The van der Waals surface area contributed by atoms with Gasteiger partial charge in [0.05, 0.1) is 13.2 Å². The lowest BCUT2D eigenvalue weighted by atomic mass is 9.85. The van der Waals surface area contributed by atoms with Gasteiger partial charge < -0.3 is 14.7 Å². The molecule has 1 aromatic rings. The largest absolute Gasteiger partial charge is 0.497 e. The van der Waals surface area contributed by atoms with Crippen LogP contribution < -0.4 is 4.74 Å². The van der Waals surface area contributed by atoms with Crippen LogP contribution in [-0.2, 0) is 6.42 Å². The molecule has 2 aliphatic carbocycles. The van der Waals surface area contributed by atoms with Crippen molar-refractivity contribution in [2.75, 3.05) is 20.7 Å². The Kier molecular flexibility index (Phi) is 3.50. The Hall–Kier alpha value is -1.06. The van der Waals surface area contributed by atoms with E-state index in [1.165, 1.54) is 18.4 Å². The molecule has 3 nitrogen and oxygen atoms in total. The van der Waals surface area contributed by atoms with Crippen LogP contribution in [0.1, 0.15) is 36.5 Å². The molecule has 0 aliphatic heterocycles. The summed E-state index contributed by atoms with van der Waals surface area (Å²) in [4.78, 5) is 2.36. The maximum Gasteiger partial charge on any atom is 0.119 e. The first-order chi connectivity index (χ1) is 9.19. The first-order valence-corrected chi connectivity index (χ1v) is 7.24. The Balaban J connectivity index is 1.76. The second kappa shape index (κ2) is 5.14. The summed E-state index contributed by atoms with van der Waals surface area (Å²) in [5, 5.41) is 10.6. The molecule has 0 spiro atoms. The SMILES string of the molecule is COc1ccc2c(c1)CCC(N(C)CC1CC1)C2O. The summed E-state index contributed by atoms with van der Waals surface area (Å²) in [6.45, 7) is 1.13. The molecule has 2 aliphatic rings. The zero-order valence-electron chi connectivity index (χ0n) is 11.8. The Morgan fingerprint density at radius 3 is 2.79 bits per heavy atom. The minimum absolute atomic E-state index is 0.265. The molecule has 3 heteroatoms. The highest BCUT2D eigenvalue weighted by Gasteiger charge is 2.33. The van der Waals surface area contributed by atoms with Crippen molar-refractivity contribution in [1.29, 1.82) is 0 Å². The van der Waals surface area contributed by atoms with Gasteiger partial charge in [-0.05, 0) is 61.9 Å². The standard InChI is InChI=1S/C16H23NO2/c1-17(10-11-3-4-11)15-8-5-12-9-13(19-2)6-7-14(12)16(15)18/h6-7,9,11,15-16,18H,3-5,8,10H2,1-2H3. The van der Waals surface area contributed by atoms with E-state index in [0.29, 0.717) is 0 Å². The number of rotatable bonds is 4. The molecule has 0 aromatic heterocycles. The van der Waals surface area contributed by atoms with Gasteiger partial charge >= 0.3 is 0 Å². The van der Waals surface area contributed by atoms with Crippen LogP contribution in [0, 0.1) is 5.92 Å². The fourth-order valence-corrected chi connectivity index (χ4v) is 3.19. The molecule has 19 heavy (non-hydrogen) atoms. The molecule has 0 radical (unpaired) electrons. The smallest absolute Gasteiger partial charge is 0.119 e. The Morgan fingerprint density at radius 1 is 1.32 bits per heavy atom. The van der Waals surface area contributed by atoms with Gasteiger partial charge in [0.1, 0.15) is 5.75 Å². The minimum atomic E-state index is -0.363. The van der Waals surface area contributed by atoms with Crippen LogP contribution in [0.2, 0.25) is 0 Å². The van der Waals surface area contributed by atoms with E-state index in [4.69, 9.17) is 4.74 Å². The molecule has 1 fully saturated rings. The van der Waals surface area contributed by atoms with Gasteiger partial charge in [-0.3, -0.25) is 0 Å². The fraction of sp³-hybridized carbons (Fsp3) is 0.625. The summed E-state index contributed by atoms with van der Waals surface area (Å²) in [5.41, 5.74) is 2.32. The molecule has 1 N–H and O–H groups in total. The summed E-state index contributed by atoms with van der Waals surface area (Å²) >= 11 is 0. The first-order valence-electron chi connectivity index (χ1n) is 7.24. The summed E-state index contributed by atoms with van der Waals surface area (Å²) in [6.07, 6.45) is 4.42. The maximum absolute atomic E-state index is 10.6. The van der Waals surface area contributed by atoms with E-state index in [2.05, 4.69) is 18.0 Å². The molecule has 1 saturated carbocycles. The topological polar surface area (TPSA) is 32.7 Å². The highest BCUT2D eigenvalue weighted by Crippen LogP contribution is 2.36. The number of ether oxygens (including phenoxy) is 1. The van der Waals surface area contributed by atoms with Gasteiger partial charge in [-0.2, -0.15) is 0 Å². The van der Waals surface area contributed by atoms with Gasteiger partial charge in [0.2, 0.25) is 0 Å². The molecule has 1 aromatic carbocycles. The molecule has 104 valence electrons. The average molecular weight is 261 g/mol. The normalized spacial score (nSPS) is 26.3. The van der Waals surface area contributed by atoms with Crippen molar-refractivity contribution in [1.82, 2.24) is 4.90 Å². The maximum atomic E-state index is 10.6. The van der Waals surface area contributed by atoms with E-state index in [-0.39, 0.29) is 12.1 Å². The lowest BCUT2D eigenvalue weighted by Crippen LogP contribution is -2.40. The lowest BCUT2D eigenvalue weighted by molar-refractivity contribution is 0.0477. The summed E-state index contributed by atoms with van der Waals surface area (Å²) in [7, 11) is 3.84. The number of likely N-dealkylation sites (N-methyl/N-ethyl adjacent to an activating group) is 1. The third-order valence-electron chi connectivity index (χ3n) is 4.55. The van der Waals surface area contributed by atoms with E-state index in [1.54, 1.807) is 7.11 Å². The zero-order chi connectivity index (χ0) is 13.4. The molecule has 0 heterocycles. The van der Waals surface area contributed by atoms with Gasteiger partial charge in [0, 0.05) is 12.6 Å². The molecule has 0 amide bonds. The number of aliphatic hydroxyl groups excluding tert-OH is 1. The van der Waals surface area contributed by atoms with Gasteiger partial charge in [0.25, 0.3) is 0 Å². The zero-order valence-corrected chi connectivity index (χ0v) is 11.8. The third kappa shape index (κ3) is 2.63. The van der Waals surface area contributed by atoms with Crippen molar-refractivity contribution in [3.05, 3.63) is 29.3 Å². The Bertz CT molecular complexity index is 456. The fourth-order valence-electron chi connectivity index (χ4n) is 3.19.